The lowest BCUT2D eigenvalue weighted by Gasteiger charge is -2.07. The van der Waals surface area contributed by atoms with Crippen molar-refractivity contribution in [3.63, 3.8) is 0 Å². The summed E-state index contributed by atoms with van der Waals surface area (Å²) in [5, 5.41) is 17.9. The number of carbonyl (C=O) groups is 1. The van der Waals surface area contributed by atoms with Crippen molar-refractivity contribution in [1.29, 1.82) is 0 Å². The van der Waals surface area contributed by atoms with Crippen LogP contribution in [0.2, 0.25) is 0 Å². The number of nitrogen functional groups attached to an aromatic ring is 1. The first kappa shape index (κ1) is 22.2. The molecule has 0 spiro atoms. The first-order valence-electron chi connectivity index (χ1n) is 10.1. The molecule has 4 aromatic rings. The maximum atomic E-state index is 12.2. The molecule has 9 nitrogen and oxygen atoms in total. The quantitative estimate of drug-likeness (QED) is 0.158. The maximum Gasteiger partial charge on any atom is 0.264 e. The van der Waals surface area contributed by atoms with Crippen LogP contribution < -0.4 is 21.3 Å². The molecule has 4 rings (SSSR count). The van der Waals surface area contributed by atoms with E-state index < -0.39 is 0 Å². The highest BCUT2D eigenvalue weighted by atomic mass is 32.2. The Kier molecular flexibility index (Phi) is 6.75. The number of rotatable bonds is 8. The van der Waals surface area contributed by atoms with E-state index in [1.807, 2.05) is 25.1 Å². The van der Waals surface area contributed by atoms with Gasteiger partial charge in [-0.2, -0.15) is 5.10 Å². The Bertz CT molecular complexity index is 1300. The number of hydrogen-bond donors (Lipinski definition) is 3. The minimum Gasteiger partial charge on any atom is -0.497 e. The zero-order valence-electron chi connectivity index (χ0n) is 18.1. The summed E-state index contributed by atoms with van der Waals surface area (Å²) >= 11 is 1.17. The molecular formula is C23H23N7O2S. The second-order valence-electron chi connectivity index (χ2n) is 7.11. The number of hydrazone groups is 1. The number of nitrogens with zero attached hydrogens (tertiary/aromatic N) is 4. The molecular weight excluding hydrogens is 438 g/mol. The van der Waals surface area contributed by atoms with E-state index in [9.17, 15) is 4.79 Å². The Morgan fingerprint density at radius 2 is 1.85 bits per heavy atom. The molecule has 0 aliphatic rings. The van der Waals surface area contributed by atoms with Gasteiger partial charge in [0.15, 0.2) is 0 Å². The van der Waals surface area contributed by atoms with Gasteiger partial charge in [-0.1, -0.05) is 48.2 Å². The van der Waals surface area contributed by atoms with E-state index in [1.165, 1.54) is 21.8 Å². The van der Waals surface area contributed by atoms with Crippen molar-refractivity contribution in [2.24, 2.45) is 5.10 Å². The number of amides is 1. The largest absolute Gasteiger partial charge is 0.497 e. The lowest BCUT2D eigenvalue weighted by atomic mass is 10.0. The highest BCUT2D eigenvalue weighted by Crippen LogP contribution is 2.19. The van der Waals surface area contributed by atoms with Gasteiger partial charge in [0.2, 0.25) is 11.1 Å². The number of carbonyl (C=O) groups excluding carboxylic acids is 1. The molecule has 3 aromatic carbocycles. The smallest absolute Gasteiger partial charge is 0.264 e. The Morgan fingerprint density at radius 3 is 2.61 bits per heavy atom. The molecule has 0 aliphatic heterocycles. The van der Waals surface area contributed by atoms with Gasteiger partial charge in [0.1, 0.15) is 5.75 Å². The van der Waals surface area contributed by atoms with Crippen LogP contribution in [0, 0.1) is 0 Å². The number of nitrogens with two attached hydrogens (primary N) is 1. The molecule has 0 unspecified atom stereocenters. The van der Waals surface area contributed by atoms with Gasteiger partial charge in [0, 0.05) is 5.69 Å². The Labute approximate surface area is 195 Å². The third-order valence-electron chi connectivity index (χ3n) is 4.86. The molecule has 1 amide bonds. The van der Waals surface area contributed by atoms with Gasteiger partial charge in [-0.15, -0.1) is 10.2 Å². The van der Waals surface area contributed by atoms with Crippen LogP contribution in [0.4, 0.5) is 11.6 Å². The van der Waals surface area contributed by atoms with Gasteiger partial charge in [0.25, 0.3) is 5.95 Å². The number of nitrogens with one attached hydrogen (secondary N) is 2. The molecule has 10 heteroatoms. The fraction of sp³-hybridized carbons (Fsp3) is 0.130. The summed E-state index contributed by atoms with van der Waals surface area (Å²) in [5.74, 6) is 7.00. The summed E-state index contributed by atoms with van der Waals surface area (Å²) in [6.45, 7) is 1.90. The molecule has 0 saturated carbocycles. The summed E-state index contributed by atoms with van der Waals surface area (Å²) in [6, 6.07) is 21.4. The highest BCUT2D eigenvalue weighted by molar-refractivity contribution is 7.99. The van der Waals surface area contributed by atoms with E-state index in [4.69, 9.17) is 10.6 Å². The summed E-state index contributed by atoms with van der Waals surface area (Å²) in [4.78, 5) is 12.2. The zero-order valence-corrected chi connectivity index (χ0v) is 19.0. The van der Waals surface area contributed by atoms with Gasteiger partial charge < -0.3 is 15.9 Å². The number of hydrogen-bond acceptors (Lipinski definition) is 8. The molecule has 4 N–H and O–H groups in total. The second-order valence-corrected chi connectivity index (χ2v) is 8.05. The van der Waals surface area contributed by atoms with Crippen LogP contribution in [0.15, 0.2) is 77.0 Å². The van der Waals surface area contributed by atoms with Crippen LogP contribution in [0.25, 0.3) is 10.8 Å². The highest BCUT2D eigenvalue weighted by Gasteiger charge is 2.12. The van der Waals surface area contributed by atoms with Crippen molar-refractivity contribution >= 4 is 45.8 Å². The fourth-order valence-corrected chi connectivity index (χ4v) is 3.72. The minimum absolute atomic E-state index is 0.126. The molecule has 0 atom stereocenters. The standard InChI is InChI=1S/C23H23N7O2S/c1-15(17-8-7-16-5-3-4-6-18(16)13-17)26-27-22-28-29-23(30(22)24)33-14-21(31)25-19-9-11-20(32-2)12-10-19/h3-13H,14,24H2,1-2H3,(H,25,31)(H,27,28)/b26-15+. The molecule has 0 fully saturated rings. The average molecular weight is 462 g/mol. The summed E-state index contributed by atoms with van der Waals surface area (Å²) < 4.78 is 6.37. The summed E-state index contributed by atoms with van der Waals surface area (Å²) in [5.41, 5.74) is 5.28. The molecule has 1 aromatic heterocycles. The Morgan fingerprint density at radius 1 is 1.09 bits per heavy atom. The molecule has 0 radical (unpaired) electrons. The molecule has 0 bridgehead atoms. The third-order valence-corrected chi connectivity index (χ3v) is 5.80. The molecule has 168 valence electrons. The molecule has 1 heterocycles. The number of methoxy groups -OCH3 is 1. The van der Waals surface area contributed by atoms with E-state index in [0.717, 1.165) is 22.4 Å². The van der Waals surface area contributed by atoms with Crippen LogP contribution in [0.5, 0.6) is 5.75 Å². The van der Waals surface area contributed by atoms with E-state index in [-0.39, 0.29) is 17.6 Å². The minimum atomic E-state index is -0.187. The van der Waals surface area contributed by atoms with Gasteiger partial charge in [0.05, 0.1) is 18.6 Å². The van der Waals surface area contributed by atoms with E-state index >= 15 is 0 Å². The van der Waals surface area contributed by atoms with Crippen LogP contribution in [0.1, 0.15) is 12.5 Å². The molecule has 0 aliphatic carbocycles. The summed E-state index contributed by atoms with van der Waals surface area (Å²) in [7, 11) is 1.59. The molecule has 33 heavy (non-hydrogen) atoms. The SMILES string of the molecule is COc1ccc(NC(=O)CSc2nnc(N/N=C(\C)c3ccc4ccccc4c3)n2N)cc1. The van der Waals surface area contributed by atoms with Crippen molar-refractivity contribution < 1.29 is 9.53 Å². The van der Waals surface area contributed by atoms with Crippen LogP contribution >= 0.6 is 11.8 Å². The maximum absolute atomic E-state index is 12.2. The van der Waals surface area contributed by atoms with Gasteiger partial charge in [-0.25, -0.2) is 10.1 Å². The van der Waals surface area contributed by atoms with Gasteiger partial charge in [-0.3, -0.25) is 4.79 Å². The van der Waals surface area contributed by atoms with Gasteiger partial charge >= 0.3 is 0 Å². The van der Waals surface area contributed by atoms with E-state index in [2.05, 4.69) is 50.3 Å². The van der Waals surface area contributed by atoms with Crippen molar-refractivity contribution in [2.75, 3.05) is 29.4 Å². The Balaban J connectivity index is 1.35. The number of benzene rings is 3. The number of fused-ring (bicyclic) bond motifs is 1. The van der Waals surface area contributed by atoms with Gasteiger partial charge in [-0.05, 0) is 53.6 Å². The molecule has 0 saturated heterocycles. The van der Waals surface area contributed by atoms with E-state index in [1.54, 1.807) is 31.4 Å². The average Bonchev–Trinajstić information content (AvgIpc) is 3.20. The first-order chi connectivity index (χ1) is 16.0. The predicted octanol–water partition coefficient (Wildman–Crippen LogP) is 3.72. The lowest BCUT2D eigenvalue weighted by Crippen LogP contribution is -2.17. The third kappa shape index (κ3) is 5.42. The number of ether oxygens (including phenoxy) is 1. The van der Waals surface area contributed by atoms with Crippen LogP contribution in [-0.2, 0) is 4.79 Å². The number of anilines is 2. The second kappa shape index (κ2) is 10.0. The normalized spacial score (nSPS) is 11.4. The van der Waals surface area contributed by atoms with Crippen molar-refractivity contribution in [2.45, 2.75) is 12.1 Å². The van der Waals surface area contributed by atoms with E-state index in [0.29, 0.717) is 10.8 Å². The van der Waals surface area contributed by atoms with Crippen LogP contribution in [0.3, 0.4) is 0 Å². The van der Waals surface area contributed by atoms with Crippen molar-refractivity contribution in [3.8, 4) is 5.75 Å². The number of aromatic nitrogens is 3. The fourth-order valence-electron chi connectivity index (χ4n) is 3.07. The van der Waals surface area contributed by atoms with Crippen LogP contribution in [-0.4, -0.2) is 39.4 Å². The summed E-state index contributed by atoms with van der Waals surface area (Å²) in [6.07, 6.45) is 0. The van der Waals surface area contributed by atoms with Crippen molar-refractivity contribution in [3.05, 3.63) is 72.3 Å². The first-order valence-corrected chi connectivity index (χ1v) is 11.1. The zero-order chi connectivity index (χ0) is 23.2. The monoisotopic (exact) mass is 461 g/mol. The lowest BCUT2D eigenvalue weighted by molar-refractivity contribution is -0.113. The predicted molar refractivity (Wildman–Crippen MR) is 132 cm³/mol. The topological polar surface area (TPSA) is 119 Å². The Hall–Kier alpha value is -4.05. The number of thioether (sulfide) groups is 1. The van der Waals surface area contributed by atoms with Crippen molar-refractivity contribution in [1.82, 2.24) is 14.9 Å².